The van der Waals surface area contributed by atoms with Crippen LogP contribution in [0, 0.1) is 0 Å². The summed E-state index contributed by atoms with van der Waals surface area (Å²) in [7, 11) is -3.64. The highest BCUT2D eigenvalue weighted by atomic mass is 32.2. The zero-order valence-electron chi connectivity index (χ0n) is 24.9. The van der Waals surface area contributed by atoms with E-state index in [9.17, 15) is 18.0 Å². The number of urea groups is 1. The van der Waals surface area contributed by atoms with Gasteiger partial charge in [0, 0.05) is 44.5 Å². The van der Waals surface area contributed by atoms with E-state index in [1.165, 1.54) is 4.31 Å². The Morgan fingerprint density at radius 2 is 1.68 bits per heavy atom. The molecule has 2 aliphatic rings. The Hall–Kier alpha value is -3.21. The number of benzene rings is 2. The van der Waals surface area contributed by atoms with Crippen LogP contribution in [0.5, 0.6) is 0 Å². The molecule has 0 bridgehead atoms. The molecule has 2 aromatic rings. The molecule has 1 saturated heterocycles. The number of carbonyl (C=O) groups excluding carboxylic acids is 2. The smallest absolute Gasteiger partial charge is 0.338 e. The first kappa shape index (κ1) is 30.7. The number of hydrogen-bond donors (Lipinski definition) is 1. The van der Waals surface area contributed by atoms with Crippen LogP contribution in [0.15, 0.2) is 70.8 Å². The van der Waals surface area contributed by atoms with E-state index in [4.69, 9.17) is 4.74 Å². The Labute approximate surface area is 244 Å². The zero-order valence-corrected chi connectivity index (χ0v) is 25.7. The molecule has 2 heterocycles. The van der Waals surface area contributed by atoms with Gasteiger partial charge in [-0.15, -0.1) is 0 Å². The average Bonchev–Trinajstić information content (AvgIpc) is 2.93. The van der Waals surface area contributed by atoms with Gasteiger partial charge in [-0.05, 0) is 49.4 Å². The van der Waals surface area contributed by atoms with E-state index in [-0.39, 0.29) is 29.0 Å². The number of nitrogens with zero attached hydrogens (tertiary/aromatic N) is 3. The topological polar surface area (TPSA) is 99.3 Å². The van der Waals surface area contributed by atoms with Gasteiger partial charge in [-0.1, -0.05) is 63.2 Å². The van der Waals surface area contributed by atoms with Crippen molar-refractivity contribution in [3.05, 3.63) is 77.0 Å². The maximum atomic E-state index is 13.5. The van der Waals surface area contributed by atoms with Crippen LogP contribution in [0.2, 0.25) is 0 Å². The molecule has 2 atom stereocenters. The van der Waals surface area contributed by atoms with E-state index in [0.29, 0.717) is 44.0 Å². The minimum absolute atomic E-state index is 0.0366. The second kappa shape index (κ2) is 12.3. The van der Waals surface area contributed by atoms with Crippen LogP contribution in [0.4, 0.5) is 4.79 Å². The fourth-order valence-corrected chi connectivity index (χ4v) is 7.17. The molecule has 41 heavy (non-hydrogen) atoms. The SMILES string of the molecule is CCOC(=O)C1=C(CN2CCN(S(=O)(=O)c3ccccc3)[C@@H](C)C2)N(CC)C(=O)N[C@@H]1c1ccc(C(C)(C)C)cc1. The number of nitrogens with one attached hydrogen (secondary N) is 1. The number of rotatable bonds is 8. The average molecular weight is 583 g/mol. The van der Waals surface area contributed by atoms with Gasteiger partial charge in [0.1, 0.15) is 0 Å². The second-order valence-corrected chi connectivity index (χ2v) is 13.5. The summed E-state index contributed by atoms with van der Waals surface area (Å²) in [5.41, 5.74) is 2.91. The van der Waals surface area contributed by atoms with Crippen molar-refractivity contribution >= 4 is 22.0 Å². The summed E-state index contributed by atoms with van der Waals surface area (Å²) in [5, 5.41) is 3.02. The van der Waals surface area contributed by atoms with Gasteiger partial charge in [-0.3, -0.25) is 9.80 Å². The molecule has 1 fully saturated rings. The molecular formula is C31H42N4O5S. The summed E-state index contributed by atoms with van der Waals surface area (Å²) in [4.78, 5) is 30.8. The third kappa shape index (κ3) is 6.50. The summed E-state index contributed by atoms with van der Waals surface area (Å²) in [6.07, 6.45) is 0. The largest absolute Gasteiger partial charge is 0.463 e. The molecule has 4 rings (SSSR count). The van der Waals surface area contributed by atoms with E-state index < -0.39 is 22.0 Å². The van der Waals surface area contributed by atoms with E-state index in [1.807, 2.05) is 38.1 Å². The van der Waals surface area contributed by atoms with E-state index >= 15 is 0 Å². The van der Waals surface area contributed by atoms with Gasteiger partial charge in [-0.25, -0.2) is 18.0 Å². The molecule has 0 aromatic heterocycles. The van der Waals surface area contributed by atoms with Crippen LogP contribution in [-0.4, -0.2) is 79.9 Å². The Morgan fingerprint density at radius 1 is 1.02 bits per heavy atom. The molecule has 0 aliphatic carbocycles. The highest BCUT2D eigenvalue weighted by Gasteiger charge is 2.40. The number of amides is 2. The van der Waals surface area contributed by atoms with Crippen LogP contribution >= 0.6 is 0 Å². The molecule has 0 unspecified atom stereocenters. The number of sulfonamides is 1. The zero-order chi connectivity index (χ0) is 29.9. The van der Waals surface area contributed by atoms with Gasteiger partial charge in [-0.2, -0.15) is 4.31 Å². The molecule has 0 spiro atoms. The lowest BCUT2D eigenvalue weighted by atomic mass is 9.85. The van der Waals surface area contributed by atoms with E-state index in [0.717, 1.165) is 11.1 Å². The fourth-order valence-electron chi connectivity index (χ4n) is 5.54. The lowest BCUT2D eigenvalue weighted by Crippen LogP contribution is -2.56. The Kier molecular flexibility index (Phi) is 9.25. The minimum atomic E-state index is -3.64. The predicted molar refractivity (Wildman–Crippen MR) is 159 cm³/mol. The molecule has 0 saturated carbocycles. The highest BCUT2D eigenvalue weighted by molar-refractivity contribution is 7.89. The fraction of sp³-hybridized carbons (Fsp3) is 0.484. The predicted octanol–water partition coefficient (Wildman–Crippen LogP) is 4.28. The van der Waals surface area contributed by atoms with Crippen molar-refractivity contribution in [2.45, 2.75) is 63.9 Å². The van der Waals surface area contributed by atoms with E-state index in [2.05, 4.69) is 31.0 Å². The van der Waals surface area contributed by atoms with Crippen molar-refractivity contribution in [3.63, 3.8) is 0 Å². The second-order valence-electron chi connectivity index (χ2n) is 11.6. The molecular weight excluding hydrogens is 540 g/mol. The van der Waals surface area contributed by atoms with Crippen LogP contribution in [-0.2, 0) is 25.0 Å². The highest BCUT2D eigenvalue weighted by Crippen LogP contribution is 2.34. The van der Waals surface area contributed by atoms with Crippen molar-refractivity contribution < 1.29 is 22.7 Å². The van der Waals surface area contributed by atoms with Crippen molar-refractivity contribution in [1.82, 2.24) is 19.4 Å². The first-order valence-electron chi connectivity index (χ1n) is 14.3. The summed E-state index contributed by atoms with van der Waals surface area (Å²) < 4.78 is 33.7. The third-order valence-corrected chi connectivity index (χ3v) is 9.76. The van der Waals surface area contributed by atoms with E-state index in [1.54, 1.807) is 42.2 Å². The number of piperazine rings is 1. The van der Waals surface area contributed by atoms with Crippen LogP contribution < -0.4 is 5.32 Å². The van der Waals surface area contributed by atoms with Crippen LogP contribution in [0.3, 0.4) is 0 Å². The number of esters is 1. The molecule has 222 valence electrons. The van der Waals surface area contributed by atoms with Crippen molar-refractivity contribution in [2.75, 3.05) is 39.3 Å². The quantitative estimate of drug-likeness (QED) is 0.467. The summed E-state index contributed by atoms with van der Waals surface area (Å²) in [6, 6.07) is 15.2. The van der Waals surface area contributed by atoms with Gasteiger partial charge in [0.15, 0.2) is 0 Å². The normalized spacial score (nSPS) is 21.1. The molecule has 1 N–H and O–H groups in total. The number of carbonyl (C=O) groups is 2. The monoisotopic (exact) mass is 582 g/mol. The van der Waals surface area contributed by atoms with Crippen LogP contribution in [0.25, 0.3) is 0 Å². The molecule has 2 aromatic carbocycles. The molecule has 0 radical (unpaired) electrons. The number of hydrogen-bond acceptors (Lipinski definition) is 6. The molecule has 2 amide bonds. The van der Waals surface area contributed by atoms with Crippen molar-refractivity contribution in [2.24, 2.45) is 0 Å². The lowest BCUT2D eigenvalue weighted by molar-refractivity contribution is -0.139. The Morgan fingerprint density at radius 3 is 2.24 bits per heavy atom. The third-order valence-electron chi connectivity index (χ3n) is 7.73. The number of likely N-dealkylation sites (N-methyl/N-ethyl adjacent to an activating group) is 1. The van der Waals surface area contributed by atoms with Crippen molar-refractivity contribution in [3.8, 4) is 0 Å². The first-order chi connectivity index (χ1) is 19.4. The standard InChI is InChI=1S/C31H42N4O5S/c1-7-34-26(21-33-18-19-35(22(3)20-33)41(38,39)25-12-10-9-11-13-25)27(29(36)40-8-2)28(32-30(34)37)23-14-16-24(17-15-23)31(4,5)6/h9-17,22,28H,7-8,18-21H2,1-6H3,(H,32,37)/t22-,28+/m0/s1. The van der Waals surface area contributed by atoms with Gasteiger partial charge in [0.05, 0.1) is 23.1 Å². The van der Waals surface area contributed by atoms with Gasteiger partial charge < -0.3 is 10.1 Å². The summed E-state index contributed by atoms with van der Waals surface area (Å²) in [5.74, 6) is -0.468. The number of ether oxygens (including phenoxy) is 1. The van der Waals surface area contributed by atoms with Gasteiger partial charge in [0.25, 0.3) is 0 Å². The minimum Gasteiger partial charge on any atom is -0.463 e. The van der Waals surface area contributed by atoms with Crippen LogP contribution in [0.1, 0.15) is 58.7 Å². The maximum absolute atomic E-state index is 13.5. The van der Waals surface area contributed by atoms with Crippen molar-refractivity contribution in [1.29, 1.82) is 0 Å². The van der Waals surface area contributed by atoms with Gasteiger partial charge >= 0.3 is 12.0 Å². The first-order valence-corrected chi connectivity index (χ1v) is 15.7. The summed E-state index contributed by atoms with van der Waals surface area (Å²) >= 11 is 0. The summed E-state index contributed by atoms with van der Waals surface area (Å²) in [6.45, 7) is 14.0. The molecule has 2 aliphatic heterocycles. The molecule has 9 nitrogen and oxygen atoms in total. The maximum Gasteiger partial charge on any atom is 0.338 e. The molecule has 10 heteroatoms. The van der Waals surface area contributed by atoms with Gasteiger partial charge in [0.2, 0.25) is 10.0 Å². The lowest BCUT2D eigenvalue weighted by Gasteiger charge is -2.42. The Bertz CT molecular complexity index is 1380. The Balaban J connectivity index is 1.67.